The Balaban J connectivity index is 1.80. The lowest BCUT2D eigenvalue weighted by molar-refractivity contribution is 0.0683. The van der Waals surface area contributed by atoms with Gasteiger partial charge in [-0.25, -0.2) is 0 Å². The van der Waals surface area contributed by atoms with E-state index in [0.29, 0.717) is 5.92 Å². The van der Waals surface area contributed by atoms with Crippen LogP contribution in [-0.2, 0) is 6.42 Å². The van der Waals surface area contributed by atoms with Crippen LogP contribution >= 0.6 is 0 Å². The summed E-state index contributed by atoms with van der Waals surface area (Å²) in [6.07, 6.45) is 7.08. The van der Waals surface area contributed by atoms with Crippen LogP contribution in [0.15, 0.2) is 18.2 Å². The van der Waals surface area contributed by atoms with Crippen LogP contribution in [0.1, 0.15) is 56.3 Å². The van der Waals surface area contributed by atoms with Crippen molar-refractivity contribution in [3.8, 4) is 0 Å². The van der Waals surface area contributed by atoms with E-state index in [1.165, 1.54) is 43.4 Å². The third-order valence-electron chi connectivity index (χ3n) is 5.04. The van der Waals surface area contributed by atoms with Gasteiger partial charge in [-0.05, 0) is 36.7 Å². The van der Waals surface area contributed by atoms with Crippen LogP contribution in [0.2, 0.25) is 0 Å². The van der Waals surface area contributed by atoms with Crippen LogP contribution in [0.25, 0.3) is 0 Å². The molecule has 1 aliphatic heterocycles. The summed E-state index contributed by atoms with van der Waals surface area (Å²) >= 11 is 0. The van der Waals surface area contributed by atoms with E-state index >= 15 is 0 Å². The molecule has 3 rings (SSSR count). The summed E-state index contributed by atoms with van der Waals surface area (Å²) in [6, 6.07) is 6.39. The molecular formula is C17H25NO. The van der Waals surface area contributed by atoms with Gasteiger partial charge in [0.25, 0.3) is 0 Å². The molecule has 0 aromatic heterocycles. The van der Waals surface area contributed by atoms with Crippen LogP contribution < -0.4 is 5.32 Å². The Morgan fingerprint density at radius 1 is 1.37 bits per heavy atom. The zero-order valence-corrected chi connectivity index (χ0v) is 11.9. The Kier molecular flexibility index (Phi) is 3.79. The van der Waals surface area contributed by atoms with Gasteiger partial charge in [-0.3, -0.25) is 0 Å². The van der Waals surface area contributed by atoms with Crippen molar-refractivity contribution in [1.82, 2.24) is 0 Å². The Labute approximate surface area is 116 Å². The average Bonchev–Trinajstić information content (AvgIpc) is 2.95. The first-order valence-corrected chi connectivity index (χ1v) is 7.83. The molecule has 2 nitrogen and oxygen atoms in total. The summed E-state index contributed by atoms with van der Waals surface area (Å²) in [5, 5.41) is 14.2. The van der Waals surface area contributed by atoms with E-state index < -0.39 is 0 Å². The van der Waals surface area contributed by atoms with E-state index in [0.717, 1.165) is 24.4 Å². The monoisotopic (exact) mass is 259 g/mol. The standard InChI is InChI=1S/C17H25NO/c1-2-12-5-3-7-14(11-12)17(19)15-8-4-6-13-9-10-18-16(13)15/h4,6,8,12,14,17-19H,2-3,5,7,9-11H2,1H3. The molecule has 2 N–H and O–H groups in total. The fourth-order valence-electron chi connectivity index (χ4n) is 3.86. The van der Waals surface area contributed by atoms with Crippen molar-refractivity contribution in [3.63, 3.8) is 0 Å². The maximum absolute atomic E-state index is 10.8. The second-order valence-corrected chi connectivity index (χ2v) is 6.20. The number of aliphatic hydroxyl groups excluding tert-OH is 1. The van der Waals surface area contributed by atoms with Crippen LogP contribution in [0.5, 0.6) is 0 Å². The highest BCUT2D eigenvalue weighted by Crippen LogP contribution is 2.41. The fraction of sp³-hybridized carbons (Fsp3) is 0.647. The number of fused-ring (bicyclic) bond motifs is 1. The number of anilines is 1. The van der Waals surface area contributed by atoms with Gasteiger partial charge in [-0.1, -0.05) is 44.4 Å². The van der Waals surface area contributed by atoms with Gasteiger partial charge in [-0.15, -0.1) is 0 Å². The summed E-state index contributed by atoms with van der Waals surface area (Å²) in [4.78, 5) is 0. The Morgan fingerprint density at radius 2 is 2.26 bits per heavy atom. The topological polar surface area (TPSA) is 32.3 Å². The summed E-state index contributed by atoms with van der Waals surface area (Å²) in [6.45, 7) is 3.29. The molecular weight excluding hydrogens is 234 g/mol. The van der Waals surface area contributed by atoms with Crippen LogP contribution in [0.3, 0.4) is 0 Å². The molecule has 0 amide bonds. The predicted octanol–water partition coefficient (Wildman–Crippen LogP) is 3.90. The Morgan fingerprint density at radius 3 is 3.11 bits per heavy atom. The molecule has 1 aromatic carbocycles. The van der Waals surface area contributed by atoms with Gasteiger partial charge in [0, 0.05) is 17.8 Å². The molecule has 19 heavy (non-hydrogen) atoms. The number of rotatable bonds is 3. The second kappa shape index (κ2) is 5.54. The smallest absolute Gasteiger partial charge is 0.0838 e. The van der Waals surface area contributed by atoms with Gasteiger partial charge < -0.3 is 10.4 Å². The molecule has 0 radical (unpaired) electrons. The summed E-state index contributed by atoms with van der Waals surface area (Å²) in [5.41, 5.74) is 3.73. The zero-order valence-electron chi connectivity index (χ0n) is 11.9. The van der Waals surface area contributed by atoms with Crippen molar-refractivity contribution < 1.29 is 5.11 Å². The quantitative estimate of drug-likeness (QED) is 0.862. The van der Waals surface area contributed by atoms with Gasteiger partial charge in [-0.2, -0.15) is 0 Å². The Bertz CT molecular complexity index is 443. The predicted molar refractivity (Wildman–Crippen MR) is 79.3 cm³/mol. The summed E-state index contributed by atoms with van der Waals surface area (Å²) < 4.78 is 0. The lowest BCUT2D eigenvalue weighted by Crippen LogP contribution is -2.21. The number of nitrogens with one attached hydrogen (secondary N) is 1. The maximum Gasteiger partial charge on any atom is 0.0838 e. The molecule has 3 atom stereocenters. The third kappa shape index (κ3) is 2.51. The molecule has 0 saturated heterocycles. The number of hydrogen-bond acceptors (Lipinski definition) is 2. The van der Waals surface area contributed by atoms with E-state index in [9.17, 15) is 5.11 Å². The van der Waals surface area contributed by atoms with Crippen molar-refractivity contribution in [3.05, 3.63) is 29.3 Å². The van der Waals surface area contributed by atoms with Crippen LogP contribution in [-0.4, -0.2) is 11.7 Å². The molecule has 0 bridgehead atoms. The molecule has 1 saturated carbocycles. The van der Waals surface area contributed by atoms with Crippen LogP contribution in [0, 0.1) is 11.8 Å². The van der Waals surface area contributed by atoms with Crippen molar-refractivity contribution in [2.24, 2.45) is 11.8 Å². The normalized spacial score (nSPS) is 27.7. The molecule has 1 aliphatic carbocycles. The maximum atomic E-state index is 10.8. The first-order chi connectivity index (χ1) is 9.29. The first-order valence-electron chi connectivity index (χ1n) is 7.83. The molecule has 1 aromatic rings. The lowest BCUT2D eigenvalue weighted by Gasteiger charge is -2.32. The minimum Gasteiger partial charge on any atom is -0.388 e. The summed E-state index contributed by atoms with van der Waals surface area (Å²) in [7, 11) is 0. The van der Waals surface area contributed by atoms with Crippen molar-refractivity contribution in [2.45, 2.75) is 51.6 Å². The van der Waals surface area contributed by atoms with E-state index in [1.54, 1.807) is 0 Å². The minimum absolute atomic E-state index is 0.283. The highest BCUT2D eigenvalue weighted by atomic mass is 16.3. The highest BCUT2D eigenvalue weighted by Gasteiger charge is 2.29. The van der Waals surface area contributed by atoms with Crippen LogP contribution in [0.4, 0.5) is 5.69 Å². The van der Waals surface area contributed by atoms with Crippen molar-refractivity contribution in [2.75, 3.05) is 11.9 Å². The van der Waals surface area contributed by atoms with Gasteiger partial charge in [0.15, 0.2) is 0 Å². The van der Waals surface area contributed by atoms with E-state index in [4.69, 9.17) is 0 Å². The molecule has 0 spiro atoms. The second-order valence-electron chi connectivity index (χ2n) is 6.20. The van der Waals surface area contributed by atoms with Gasteiger partial charge in [0.2, 0.25) is 0 Å². The number of aliphatic hydroxyl groups is 1. The Hall–Kier alpha value is -1.02. The SMILES string of the molecule is CCC1CCCC(C(O)c2cccc3c2NCC3)C1. The number of benzene rings is 1. The van der Waals surface area contributed by atoms with Crippen molar-refractivity contribution in [1.29, 1.82) is 0 Å². The van der Waals surface area contributed by atoms with E-state index in [-0.39, 0.29) is 6.10 Å². The minimum atomic E-state index is -0.283. The third-order valence-corrected chi connectivity index (χ3v) is 5.04. The zero-order chi connectivity index (χ0) is 13.2. The van der Waals surface area contributed by atoms with Gasteiger partial charge in [0.1, 0.15) is 0 Å². The van der Waals surface area contributed by atoms with Crippen molar-refractivity contribution >= 4 is 5.69 Å². The van der Waals surface area contributed by atoms with Gasteiger partial charge in [0.05, 0.1) is 6.10 Å². The van der Waals surface area contributed by atoms with E-state index in [2.05, 4.69) is 30.4 Å². The van der Waals surface area contributed by atoms with Gasteiger partial charge >= 0.3 is 0 Å². The number of para-hydroxylation sites is 1. The molecule has 1 fully saturated rings. The summed E-state index contributed by atoms with van der Waals surface area (Å²) in [5.74, 6) is 1.27. The molecule has 2 aliphatic rings. The number of hydrogen-bond donors (Lipinski definition) is 2. The highest BCUT2D eigenvalue weighted by molar-refractivity contribution is 5.62. The molecule has 104 valence electrons. The molecule has 1 heterocycles. The largest absolute Gasteiger partial charge is 0.388 e. The lowest BCUT2D eigenvalue weighted by atomic mass is 9.76. The molecule has 2 heteroatoms. The fourth-order valence-corrected chi connectivity index (χ4v) is 3.86. The van der Waals surface area contributed by atoms with E-state index in [1.807, 2.05) is 0 Å². The molecule has 3 unspecified atom stereocenters. The average molecular weight is 259 g/mol. The first kappa shape index (κ1) is 13.0.